The van der Waals surface area contributed by atoms with Gasteiger partial charge in [-0.15, -0.1) is 0 Å². The minimum absolute atomic E-state index is 0.324. The largest absolute Gasteiger partial charge is 0.391 e. The number of rotatable bonds is 6. The number of hydrogen-bond acceptors (Lipinski definition) is 7. The Bertz CT molecular complexity index is 549. The van der Waals surface area contributed by atoms with E-state index in [0.717, 1.165) is 5.39 Å². The van der Waals surface area contributed by atoms with Crippen LogP contribution in [0.5, 0.6) is 0 Å². The standard InChI is InChI=1S/C12H17N5O2/c1-19-6-8(18)4-5-14-11-9-2-3-10(13)17-12(9)16-7-15-11/h2-3,7-8,18H,4-6H2,1H3,(H3,13,14,15,16,17). The monoisotopic (exact) mass is 263 g/mol. The minimum atomic E-state index is -0.487. The summed E-state index contributed by atoms with van der Waals surface area (Å²) in [4.78, 5) is 12.4. The molecule has 1 atom stereocenters. The van der Waals surface area contributed by atoms with Crippen molar-refractivity contribution in [3.8, 4) is 0 Å². The van der Waals surface area contributed by atoms with Crippen LogP contribution in [0.25, 0.3) is 11.0 Å². The van der Waals surface area contributed by atoms with Crippen molar-refractivity contribution in [1.29, 1.82) is 0 Å². The number of fused-ring (bicyclic) bond motifs is 1. The van der Waals surface area contributed by atoms with Crippen LogP contribution in [0.3, 0.4) is 0 Å². The summed E-state index contributed by atoms with van der Waals surface area (Å²) in [6, 6.07) is 3.53. The second-order valence-electron chi connectivity index (χ2n) is 4.15. The van der Waals surface area contributed by atoms with E-state index in [1.54, 1.807) is 13.2 Å². The van der Waals surface area contributed by atoms with Crippen molar-refractivity contribution in [3.05, 3.63) is 18.5 Å². The molecule has 0 saturated heterocycles. The maximum atomic E-state index is 9.55. The average molecular weight is 263 g/mol. The molecule has 0 aromatic carbocycles. The number of nitrogens with zero attached hydrogens (tertiary/aromatic N) is 3. The molecule has 1 unspecified atom stereocenters. The number of methoxy groups -OCH3 is 1. The lowest BCUT2D eigenvalue weighted by molar-refractivity contribution is 0.0615. The number of hydrogen-bond donors (Lipinski definition) is 3. The molecule has 0 fully saturated rings. The van der Waals surface area contributed by atoms with Crippen LogP contribution < -0.4 is 11.1 Å². The van der Waals surface area contributed by atoms with Crippen LogP contribution >= 0.6 is 0 Å². The van der Waals surface area contributed by atoms with E-state index in [9.17, 15) is 5.11 Å². The molecule has 0 bridgehead atoms. The molecule has 2 heterocycles. The first-order valence-corrected chi connectivity index (χ1v) is 5.99. The van der Waals surface area contributed by atoms with E-state index >= 15 is 0 Å². The fourth-order valence-corrected chi connectivity index (χ4v) is 1.73. The molecule has 4 N–H and O–H groups in total. The second-order valence-corrected chi connectivity index (χ2v) is 4.15. The normalized spacial score (nSPS) is 12.5. The van der Waals surface area contributed by atoms with Crippen LogP contribution in [0.15, 0.2) is 18.5 Å². The molecule has 102 valence electrons. The van der Waals surface area contributed by atoms with E-state index in [1.807, 2.05) is 6.07 Å². The van der Waals surface area contributed by atoms with Gasteiger partial charge in [-0.25, -0.2) is 15.0 Å². The molecular weight excluding hydrogens is 246 g/mol. The first-order chi connectivity index (χ1) is 9.20. The lowest BCUT2D eigenvalue weighted by atomic mass is 10.2. The second kappa shape index (κ2) is 6.26. The molecule has 2 aromatic heterocycles. The number of nitrogens with one attached hydrogen (secondary N) is 1. The molecule has 0 amide bonds. The van der Waals surface area contributed by atoms with Crippen molar-refractivity contribution >= 4 is 22.7 Å². The zero-order chi connectivity index (χ0) is 13.7. The number of aliphatic hydroxyl groups excluding tert-OH is 1. The lowest BCUT2D eigenvalue weighted by Gasteiger charge is -2.11. The molecule has 2 aromatic rings. The molecule has 0 radical (unpaired) electrons. The van der Waals surface area contributed by atoms with Crippen molar-refractivity contribution in [2.45, 2.75) is 12.5 Å². The summed E-state index contributed by atoms with van der Waals surface area (Å²) >= 11 is 0. The highest BCUT2D eigenvalue weighted by Gasteiger charge is 2.06. The topological polar surface area (TPSA) is 106 Å². The summed E-state index contributed by atoms with van der Waals surface area (Å²) in [6.45, 7) is 0.908. The Morgan fingerprint density at radius 3 is 3.05 bits per heavy atom. The van der Waals surface area contributed by atoms with Gasteiger partial charge in [0.15, 0.2) is 5.65 Å². The summed E-state index contributed by atoms with van der Waals surface area (Å²) in [7, 11) is 1.56. The van der Waals surface area contributed by atoms with Gasteiger partial charge in [-0.05, 0) is 18.6 Å². The summed E-state index contributed by atoms with van der Waals surface area (Å²) in [5, 5.41) is 13.5. The zero-order valence-corrected chi connectivity index (χ0v) is 10.7. The van der Waals surface area contributed by atoms with Crippen LogP contribution in [0.2, 0.25) is 0 Å². The van der Waals surface area contributed by atoms with Crippen molar-refractivity contribution in [2.75, 3.05) is 31.3 Å². The Labute approximate surface area is 110 Å². The number of nitrogens with two attached hydrogens (primary N) is 1. The fourth-order valence-electron chi connectivity index (χ4n) is 1.73. The summed E-state index contributed by atoms with van der Waals surface area (Å²) in [5.74, 6) is 1.11. The summed E-state index contributed by atoms with van der Waals surface area (Å²) < 4.78 is 4.86. The first-order valence-electron chi connectivity index (χ1n) is 5.99. The highest BCUT2D eigenvalue weighted by Crippen LogP contribution is 2.18. The number of ether oxygens (including phenoxy) is 1. The molecule has 7 heteroatoms. The van der Waals surface area contributed by atoms with Gasteiger partial charge in [0.1, 0.15) is 18.0 Å². The van der Waals surface area contributed by atoms with Crippen molar-refractivity contribution < 1.29 is 9.84 Å². The van der Waals surface area contributed by atoms with Crippen LogP contribution in [0.1, 0.15) is 6.42 Å². The van der Waals surface area contributed by atoms with Crippen molar-refractivity contribution in [2.24, 2.45) is 0 Å². The highest BCUT2D eigenvalue weighted by molar-refractivity contribution is 5.86. The zero-order valence-electron chi connectivity index (χ0n) is 10.7. The van der Waals surface area contributed by atoms with Gasteiger partial charge in [0.05, 0.1) is 18.1 Å². The maximum Gasteiger partial charge on any atom is 0.166 e. The average Bonchev–Trinajstić information content (AvgIpc) is 2.39. The van der Waals surface area contributed by atoms with Gasteiger partial charge >= 0.3 is 0 Å². The molecule has 19 heavy (non-hydrogen) atoms. The highest BCUT2D eigenvalue weighted by atomic mass is 16.5. The summed E-state index contributed by atoms with van der Waals surface area (Å²) in [5.41, 5.74) is 6.16. The van der Waals surface area contributed by atoms with Gasteiger partial charge in [-0.3, -0.25) is 0 Å². The van der Waals surface area contributed by atoms with E-state index in [4.69, 9.17) is 10.5 Å². The number of anilines is 2. The van der Waals surface area contributed by atoms with Gasteiger partial charge in [0.2, 0.25) is 0 Å². The van der Waals surface area contributed by atoms with Crippen LogP contribution in [-0.2, 0) is 4.74 Å². The van der Waals surface area contributed by atoms with Crippen molar-refractivity contribution in [3.63, 3.8) is 0 Å². The predicted molar refractivity (Wildman–Crippen MR) is 72.7 cm³/mol. The predicted octanol–water partition coefficient (Wildman–Crippen LogP) is 0.416. The van der Waals surface area contributed by atoms with Crippen LogP contribution in [0, 0.1) is 0 Å². The minimum Gasteiger partial charge on any atom is -0.391 e. The van der Waals surface area contributed by atoms with E-state index in [1.165, 1.54) is 6.33 Å². The van der Waals surface area contributed by atoms with Gasteiger partial charge < -0.3 is 20.9 Å². The Balaban J connectivity index is 2.04. The molecule has 0 aliphatic rings. The SMILES string of the molecule is COCC(O)CCNc1ncnc2nc(N)ccc12. The van der Waals surface area contributed by atoms with E-state index in [-0.39, 0.29) is 0 Å². The molecule has 7 nitrogen and oxygen atoms in total. The Morgan fingerprint density at radius 1 is 1.42 bits per heavy atom. The van der Waals surface area contributed by atoms with E-state index in [2.05, 4.69) is 20.3 Å². The van der Waals surface area contributed by atoms with Gasteiger partial charge in [0, 0.05) is 13.7 Å². The molecule has 0 aliphatic heterocycles. The van der Waals surface area contributed by atoms with Gasteiger partial charge in [0.25, 0.3) is 0 Å². The van der Waals surface area contributed by atoms with E-state index in [0.29, 0.717) is 36.9 Å². The quantitative estimate of drug-likeness (QED) is 0.693. The van der Waals surface area contributed by atoms with Crippen molar-refractivity contribution in [1.82, 2.24) is 15.0 Å². The van der Waals surface area contributed by atoms with Gasteiger partial charge in [-0.1, -0.05) is 0 Å². The number of aliphatic hydroxyl groups is 1. The molecule has 0 saturated carbocycles. The maximum absolute atomic E-state index is 9.55. The molecule has 0 spiro atoms. The Morgan fingerprint density at radius 2 is 2.26 bits per heavy atom. The Hall–Kier alpha value is -1.99. The molecular formula is C12H17N5O2. The third-order valence-corrected chi connectivity index (χ3v) is 2.65. The van der Waals surface area contributed by atoms with Crippen LogP contribution in [-0.4, -0.2) is 46.4 Å². The van der Waals surface area contributed by atoms with Crippen LogP contribution in [0.4, 0.5) is 11.6 Å². The third kappa shape index (κ3) is 3.49. The molecule has 2 rings (SSSR count). The van der Waals surface area contributed by atoms with E-state index < -0.39 is 6.10 Å². The third-order valence-electron chi connectivity index (χ3n) is 2.65. The lowest BCUT2D eigenvalue weighted by Crippen LogP contribution is -2.18. The summed E-state index contributed by atoms with van der Waals surface area (Å²) in [6.07, 6.45) is 1.52. The fraction of sp³-hybridized carbons (Fsp3) is 0.417. The number of pyridine rings is 1. The number of aromatic nitrogens is 3. The smallest absolute Gasteiger partial charge is 0.166 e. The first kappa shape index (κ1) is 13.4. The van der Waals surface area contributed by atoms with Gasteiger partial charge in [-0.2, -0.15) is 0 Å². The molecule has 0 aliphatic carbocycles. The Kier molecular flexibility index (Phi) is 4.43. The number of nitrogen functional groups attached to an aromatic ring is 1.